The zero-order valence-corrected chi connectivity index (χ0v) is 16.5. The van der Waals surface area contributed by atoms with Gasteiger partial charge in [-0.2, -0.15) is 0 Å². The minimum atomic E-state index is -0.0553. The molecule has 0 aliphatic heterocycles. The van der Waals surface area contributed by atoms with Gasteiger partial charge in [0.15, 0.2) is 0 Å². The summed E-state index contributed by atoms with van der Waals surface area (Å²) in [5.41, 5.74) is 13.1. The Morgan fingerprint density at radius 2 is 0.769 bits per heavy atom. The molecule has 0 bridgehead atoms. The van der Waals surface area contributed by atoms with E-state index < -0.39 is 0 Å². The molecule has 0 atom stereocenters. The normalized spacial score (nSPS) is 12.2. The van der Waals surface area contributed by atoms with Gasteiger partial charge in [0.2, 0.25) is 0 Å². The minimum absolute atomic E-state index is 0.0163. The molecule has 0 unspecified atom stereocenters. The molecule has 0 saturated heterocycles. The van der Waals surface area contributed by atoms with Crippen LogP contribution in [-0.2, 0) is 10.8 Å². The smallest absolute Gasteiger partial charge is 0.0314 e. The van der Waals surface area contributed by atoms with Crippen molar-refractivity contribution in [2.75, 3.05) is 5.73 Å². The van der Waals surface area contributed by atoms with E-state index in [-0.39, 0.29) is 10.8 Å². The number of anilines is 1. The van der Waals surface area contributed by atoms with Crippen LogP contribution in [0.25, 0.3) is 0 Å². The van der Waals surface area contributed by atoms with E-state index in [4.69, 9.17) is 5.73 Å². The van der Waals surface area contributed by atoms with E-state index in [1.165, 1.54) is 27.8 Å². The molecular weight excluding hydrogens is 314 g/mol. The van der Waals surface area contributed by atoms with E-state index in [9.17, 15) is 0 Å². The van der Waals surface area contributed by atoms with Crippen molar-refractivity contribution in [1.29, 1.82) is 0 Å². The van der Waals surface area contributed by atoms with E-state index in [0.29, 0.717) is 0 Å². The summed E-state index contributed by atoms with van der Waals surface area (Å²) in [5, 5.41) is 0. The lowest BCUT2D eigenvalue weighted by Crippen LogP contribution is -2.21. The highest BCUT2D eigenvalue weighted by Crippen LogP contribution is 2.35. The van der Waals surface area contributed by atoms with Crippen molar-refractivity contribution in [3.63, 3.8) is 0 Å². The topological polar surface area (TPSA) is 26.0 Å². The fraction of sp³-hybridized carbons (Fsp3) is 0.280. The first-order valence-electron chi connectivity index (χ1n) is 9.25. The maximum Gasteiger partial charge on any atom is 0.0314 e. The van der Waals surface area contributed by atoms with E-state index >= 15 is 0 Å². The van der Waals surface area contributed by atoms with Crippen molar-refractivity contribution in [2.24, 2.45) is 0 Å². The van der Waals surface area contributed by atoms with Crippen LogP contribution in [-0.4, -0.2) is 0 Å². The quantitative estimate of drug-likeness (QED) is 0.558. The molecule has 0 fully saturated rings. The second-order valence-electron chi connectivity index (χ2n) is 8.32. The number of benzene rings is 3. The first kappa shape index (κ1) is 18.3. The molecule has 0 spiro atoms. The number of rotatable bonds is 4. The summed E-state index contributed by atoms with van der Waals surface area (Å²) < 4.78 is 0. The second kappa shape index (κ2) is 6.64. The Balaban J connectivity index is 1.92. The Hall–Kier alpha value is -2.54. The zero-order chi connectivity index (χ0) is 18.9. The van der Waals surface area contributed by atoms with Crippen LogP contribution in [0.3, 0.4) is 0 Å². The van der Waals surface area contributed by atoms with Crippen LogP contribution in [0, 0.1) is 6.92 Å². The molecule has 0 amide bonds. The molecule has 3 aromatic rings. The molecule has 2 N–H and O–H groups in total. The van der Waals surface area contributed by atoms with Crippen molar-refractivity contribution in [2.45, 2.75) is 45.4 Å². The number of hydrogen-bond donors (Lipinski definition) is 1. The van der Waals surface area contributed by atoms with E-state index in [2.05, 4.69) is 95.3 Å². The van der Waals surface area contributed by atoms with Crippen molar-refractivity contribution in [3.05, 3.63) is 101 Å². The van der Waals surface area contributed by atoms with Crippen molar-refractivity contribution < 1.29 is 0 Å². The molecule has 134 valence electrons. The van der Waals surface area contributed by atoms with Crippen molar-refractivity contribution >= 4 is 5.69 Å². The van der Waals surface area contributed by atoms with Crippen molar-refractivity contribution in [1.82, 2.24) is 0 Å². The fourth-order valence-corrected chi connectivity index (χ4v) is 3.51. The van der Waals surface area contributed by atoms with Crippen LogP contribution in [0.4, 0.5) is 5.69 Å². The van der Waals surface area contributed by atoms with Gasteiger partial charge in [0, 0.05) is 16.5 Å². The Morgan fingerprint density at radius 1 is 0.500 bits per heavy atom. The summed E-state index contributed by atoms with van der Waals surface area (Å²) in [6.45, 7) is 11.2. The molecule has 1 heteroatoms. The third-order valence-corrected chi connectivity index (χ3v) is 5.73. The van der Waals surface area contributed by atoms with Gasteiger partial charge < -0.3 is 5.73 Å². The summed E-state index contributed by atoms with van der Waals surface area (Å²) in [5.74, 6) is 0. The summed E-state index contributed by atoms with van der Waals surface area (Å²) >= 11 is 0. The maximum atomic E-state index is 5.84. The minimum Gasteiger partial charge on any atom is -0.399 e. The molecule has 1 nitrogen and oxygen atoms in total. The summed E-state index contributed by atoms with van der Waals surface area (Å²) in [6, 6.07) is 26.1. The maximum absolute atomic E-state index is 5.84. The predicted molar refractivity (Wildman–Crippen MR) is 113 cm³/mol. The highest BCUT2D eigenvalue weighted by molar-refractivity contribution is 5.46. The molecule has 0 aliphatic carbocycles. The Kier molecular flexibility index (Phi) is 4.66. The SMILES string of the molecule is Cc1ccc(C(C)(C)c2ccc(C(C)(C)c3ccc(N)cc3)cc2)cc1. The van der Waals surface area contributed by atoms with Gasteiger partial charge in [0.1, 0.15) is 0 Å². The van der Waals surface area contributed by atoms with Gasteiger partial charge in [-0.1, -0.05) is 93.9 Å². The lowest BCUT2D eigenvalue weighted by atomic mass is 9.74. The molecule has 0 heterocycles. The predicted octanol–water partition coefficient (Wildman–Crippen LogP) is 6.23. The molecule has 3 aromatic carbocycles. The van der Waals surface area contributed by atoms with E-state index in [1.807, 2.05) is 12.1 Å². The van der Waals surface area contributed by atoms with Gasteiger partial charge in [0.25, 0.3) is 0 Å². The van der Waals surface area contributed by atoms with Crippen LogP contribution >= 0.6 is 0 Å². The van der Waals surface area contributed by atoms with Gasteiger partial charge in [-0.3, -0.25) is 0 Å². The third kappa shape index (κ3) is 3.39. The largest absolute Gasteiger partial charge is 0.399 e. The van der Waals surface area contributed by atoms with Crippen LogP contribution in [0.5, 0.6) is 0 Å². The lowest BCUT2D eigenvalue weighted by molar-refractivity contribution is 0.626. The van der Waals surface area contributed by atoms with E-state index in [0.717, 1.165) is 5.69 Å². The van der Waals surface area contributed by atoms with Gasteiger partial charge >= 0.3 is 0 Å². The Morgan fingerprint density at radius 3 is 1.12 bits per heavy atom. The van der Waals surface area contributed by atoms with Gasteiger partial charge in [-0.05, 0) is 41.3 Å². The average molecular weight is 344 g/mol. The molecule has 0 radical (unpaired) electrons. The summed E-state index contributed by atoms with van der Waals surface area (Å²) in [7, 11) is 0. The lowest BCUT2D eigenvalue weighted by Gasteiger charge is -2.29. The highest BCUT2D eigenvalue weighted by atomic mass is 14.5. The third-order valence-electron chi connectivity index (χ3n) is 5.73. The molecular formula is C25H29N. The number of aryl methyl sites for hydroxylation is 1. The van der Waals surface area contributed by atoms with Crippen LogP contribution in [0.1, 0.15) is 55.5 Å². The highest BCUT2D eigenvalue weighted by Gasteiger charge is 2.26. The van der Waals surface area contributed by atoms with Gasteiger partial charge in [-0.25, -0.2) is 0 Å². The Bertz CT molecular complexity index is 790. The van der Waals surface area contributed by atoms with Crippen molar-refractivity contribution in [3.8, 4) is 0 Å². The number of hydrogen-bond acceptors (Lipinski definition) is 1. The van der Waals surface area contributed by atoms with E-state index in [1.54, 1.807) is 0 Å². The number of nitrogens with two attached hydrogens (primary N) is 1. The fourth-order valence-electron chi connectivity index (χ4n) is 3.51. The average Bonchev–Trinajstić information content (AvgIpc) is 2.62. The zero-order valence-electron chi connectivity index (χ0n) is 16.5. The molecule has 0 aliphatic rings. The second-order valence-corrected chi connectivity index (χ2v) is 8.32. The molecule has 3 rings (SSSR count). The monoisotopic (exact) mass is 343 g/mol. The number of nitrogen functional groups attached to an aromatic ring is 1. The molecule has 26 heavy (non-hydrogen) atoms. The van der Waals surface area contributed by atoms with Crippen LogP contribution in [0.15, 0.2) is 72.8 Å². The summed E-state index contributed by atoms with van der Waals surface area (Å²) in [6.07, 6.45) is 0. The van der Waals surface area contributed by atoms with Crippen LogP contribution in [0.2, 0.25) is 0 Å². The Labute approximate surface area is 157 Å². The molecule has 0 saturated carbocycles. The van der Waals surface area contributed by atoms with Crippen LogP contribution < -0.4 is 5.73 Å². The molecule has 0 aromatic heterocycles. The van der Waals surface area contributed by atoms with Gasteiger partial charge in [0.05, 0.1) is 0 Å². The summed E-state index contributed by atoms with van der Waals surface area (Å²) in [4.78, 5) is 0. The van der Waals surface area contributed by atoms with Gasteiger partial charge in [-0.15, -0.1) is 0 Å². The first-order chi connectivity index (χ1) is 12.2. The standard InChI is InChI=1S/C25H29N/c1-18-6-8-19(9-7-18)24(2,3)20-10-12-21(13-11-20)25(4,5)22-14-16-23(26)17-15-22/h6-17H,26H2,1-5H3. The first-order valence-corrected chi connectivity index (χ1v) is 9.25.